The molecule has 20 nitrogen and oxygen atoms in total. The summed E-state index contributed by atoms with van der Waals surface area (Å²) in [6.45, 7) is 44.2. The predicted molar refractivity (Wildman–Crippen MR) is 560 cm³/mol. The number of hydrogen-bond donors (Lipinski definition) is 0. The van der Waals surface area contributed by atoms with E-state index in [0.29, 0.717) is 0 Å². The van der Waals surface area contributed by atoms with E-state index in [9.17, 15) is 8.78 Å². The Morgan fingerprint density at radius 2 is 0.423 bits per heavy atom. The molecule has 0 spiro atoms. The molecular formula is C113H118F2Ir4N20Si3-6. The molecule has 0 atom stereocenters. The molecule has 0 N–H and O–H groups in total. The maximum Gasteiger partial charge on any atom is 0.0160 e. The fourth-order valence-electron chi connectivity index (χ4n) is 12.7. The van der Waals surface area contributed by atoms with Gasteiger partial charge in [0.05, 0.1) is 45.6 Å². The van der Waals surface area contributed by atoms with E-state index in [1.54, 1.807) is 63.2 Å². The first kappa shape index (κ1) is 118. The Morgan fingerprint density at radius 3 is 0.606 bits per heavy atom. The summed E-state index contributed by atoms with van der Waals surface area (Å²) in [7, 11) is 0.361. The topological polar surface area (TPSA) is 194 Å². The Kier molecular flexibility index (Phi) is 50.7. The Morgan fingerprint density at radius 1 is 0.225 bits per heavy atom. The van der Waals surface area contributed by atoms with Gasteiger partial charge in [-0.15, -0.1) is 202 Å². The molecule has 142 heavy (non-hydrogen) atoms. The van der Waals surface area contributed by atoms with Crippen LogP contribution in [0.3, 0.4) is 0 Å². The Labute approximate surface area is 895 Å². The van der Waals surface area contributed by atoms with Crippen LogP contribution in [0, 0.1) is 143 Å². The zero-order valence-electron chi connectivity index (χ0n) is 83.7. The van der Waals surface area contributed by atoms with Gasteiger partial charge in [0.2, 0.25) is 0 Å². The molecule has 0 aliphatic rings. The van der Waals surface area contributed by atoms with Crippen LogP contribution in [0.4, 0.5) is 8.78 Å². The summed E-state index contributed by atoms with van der Waals surface area (Å²) in [6, 6.07) is 107. The van der Waals surface area contributed by atoms with Crippen molar-refractivity contribution in [1.29, 1.82) is 0 Å². The van der Waals surface area contributed by atoms with Crippen LogP contribution < -0.4 is 0 Å². The minimum absolute atomic E-state index is 0. The number of rotatable bonds is 12. The fraction of sp³-hybridized carbons (Fsp3) is 0.186. The first-order valence-electron chi connectivity index (χ1n) is 45.0. The van der Waals surface area contributed by atoms with Crippen LogP contribution in [0.1, 0.15) is 67.8 Å². The van der Waals surface area contributed by atoms with Gasteiger partial charge in [0.15, 0.2) is 0 Å². The fourth-order valence-corrected chi connectivity index (χ4v) is 12.7. The number of aryl methyl sites for hydroxylation is 12. The van der Waals surface area contributed by atoms with Gasteiger partial charge in [-0.05, 0) is 196 Å². The quantitative estimate of drug-likeness (QED) is 0.0831. The monoisotopic (exact) mass is 2650 g/mol. The van der Waals surface area contributed by atoms with Gasteiger partial charge in [-0.2, -0.15) is 59.0 Å². The molecule has 7 radical (unpaired) electrons. The maximum atomic E-state index is 13.9. The van der Waals surface area contributed by atoms with Crippen molar-refractivity contribution in [2.45, 2.75) is 142 Å². The predicted octanol–water partition coefficient (Wildman–Crippen LogP) is 25.4. The third-order valence-corrected chi connectivity index (χ3v) is 18.8. The van der Waals surface area contributed by atoms with E-state index in [4.69, 9.17) is 0 Å². The molecule has 0 aliphatic heterocycles. The molecule has 12 aromatic heterocycles. The number of benzene rings is 8. The first-order chi connectivity index (χ1) is 66.4. The molecule has 8 aromatic carbocycles. The van der Waals surface area contributed by atoms with Crippen molar-refractivity contribution in [2.24, 2.45) is 0 Å². The third-order valence-electron chi connectivity index (χ3n) is 18.8. The van der Waals surface area contributed by atoms with Crippen LogP contribution in [0.5, 0.6) is 0 Å². The van der Waals surface area contributed by atoms with Crippen molar-refractivity contribution in [3.63, 3.8) is 0 Å². The SMILES string of the molecule is C[Si](C)C.C[Si](C)C.C[Si](C)C.Cc1ccn(-c2[c-]c(-n3ccc(C)n3)c(C)cc2C)n1.Cc1ccn(-c2[c-]c(-n3ccc(C)n3)c(C)cc2C)n1.Cc1ccn(-c2[c-]c(-n3ccc(C)n3)c(F)cc2F)n1.Cc1ccn(-c2[c-]c(-n3ccc(C)n3)ccc2)n1.[IrH+2].[Ir].[Ir].[Ir].[c-]1ccccc1-c1ccccn1.[c-]1ccccc1-c1ccccn1.[c-]1ccccc1-c1ccccn1.[c-]1ccccc1-c1ccccn1. The van der Waals surface area contributed by atoms with Crippen LogP contribution in [0.25, 0.3) is 90.5 Å². The molecule has 0 unspecified atom stereocenters. The molecule has 20 rings (SSSR count). The van der Waals surface area contributed by atoms with Crippen LogP contribution in [-0.2, 0) is 80.4 Å². The molecule has 20 aromatic rings. The van der Waals surface area contributed by atoms with Crippen molar-refractivity contribution >= 4 is 26.4 Å². The second kappa shape index (κ2) is 61.1. The standard InChI is InChI=1S/2C16H17N4.C14H11F2N4.C14H13N4.4C11H8N.3C3H9Si.4Ir.H/c2*1-11-9-12(2)16(20-8-6-14(4)18-20)10-15(11)19-7-5-13(3)17-19;1-9-3-5-19(17-9)13-8-14(12(16)7-11(13)15)20-6-4-10(2)18-20;1-11-6-8-17(15-11)13-4-3-5-14(10-13)18-9-7-12(2)16-18;4*1-2-6-10(7-3-1)11-8-4-5-9-12-11;3*1-4(2)3;;;;;/h2*5-9H,1-4H3;3-7H,1-2H3;3-9H,1-2H3;4*1-6,8-9H;3*1-3H3;;;;;/q8*-1;;;;;;;+2;. The van der Waals surface area contributed by atoms with Crippen molar-refractivity contribution in [3.05, 3.63) is 457 Å². The Balaban J connectivity index is 0.000000245. The zero-order valence-corrected chi connectivity index (χ0v) is 96.5. The Bertz CT molecular complexity index is 5950. The van der Waals surface area contributed by atoms with Crippen LogP contribution in [0.2, 0.25) is 58.9 Å². The minimum atomic E-state index is -0.724. The van der Waals surface area contributed by atoms with Crippen molar-refractivity contribution < 1.29 is 89.2 Å². The summed E-state index contributed by atoms with van der Waals surface area (Å²) in [5.41, 5.74) is 25.9. The molecular weight excluding hydrogens is 2530 g/mol. The molecule has 0 saturated carbocycles. The summed E-state index contributed by atoms with van der Waals surface area (Å²) in [5, 5.41) is 34.8. The first-order valence-corrected chi connectivity index (χ1v) is 54.0. The summed E-state index contributed by atoms with van der Waals surface area (Å²) < 4.78 is 41.5. The second-order valence-corrected chi connectivity index (χ2v) is 42.4. The van der Waals surface area contributed by atoms with Crippen LogP contribution in [0.15, 0.2) is 329 Å². The van der Waals surface area contributed by atoms with Gasteiger partial charge in [0.25, 0.3) is 0 Å². The number of hydrogen-bond acceptors (Lipinski definition) is 12. The molecule has 29 heteroatoms. The van der Waals surface area contributed by atoms with Gasteiger partial charge in [-0.25, -0.2) is 0 Å². The van der Waals surface area contributed by atoms with E-state index in [1.165, 1.54) is 9.36 Å². The van der Waals surface area contributed by atoms with Gasteiger partial charge in [-0.3, -0.25) is 46.2 Å². The van der Waals surface area contributed by atoms with E-state index in [0.717, 1.165) is 153 Å². The number of halogens is 2. The number of nitrogens with zero attached hydrogens (tertiary/aromatic N) is 20. The minimum Gasteiger partial charge on any atom is -0.305 e. The van der Waals surface area contributed by atoms with Gasteiger partial charge < -0.3 is 19.9 Å². The van der Waals surface area contributed by atoms with Crippen LogP contribution >= 0.6 is 0 Å². The summed E-state index contributed by atoms with van der Waals surface area (Å²) >= 11 is 0. The van der Waals surface area contributed by atoms with Crippen molar-refractivity contribution in [3.8, 4) is 90.5 Å². The van der Waals surface area contributed by atoms with Gasteiger partial charge in [0.1, 0.15) is 0 Å². The normalized spacial score (nSPS) is 10.0. The average Bonchev–Trinajstić information content (AvgIpc) is 1.54. The van der Waals surface area contributed by atoms with Gasteiger partial charge in [-0.1, -0.05) is 141 Å². The van der Waals surface area contributed by atoms with E-state index in [2.05, 4.69) is 208 Å². The summed E-state index contributed by atoms with van der Waals surface area (Å²) in [6.07, 6.45) is 22.0. The van der Waals surface area contributed by atoms with E-state index in [-0.39, 0.29) is 118 Å². The Hall–Kier alpha value is -12.9. The molecule has 0 amide bonds. The van der Waals surface area contributed by atoms with Gasteiger partial charge in [0, 0.05) is 173 Å². The second-order valence-electron chi connectivity index (χ2n) is 33.4. The van der Waals surface area contributed by atoms with E-state index >= 15 is 0 Å². The number of pyridine rings is 4. The van der Waals surface area contributed by atoms with Crippen molar-refractivity contribution in [2.75, 3.05) is 0 Å². The van der Waals surface area contributed by atoms with E-state index < -0.39 is 11.6 Å². The van der Waals surface area contributed by atoms with Crippen molar-refractivity contribution in [1.82, 2.24) is 98.2 Å². The molecule has 0 fully saturated rings. The molecule has 12 heterocycles. The summed E-state index contributed by atoms with van der Waals surface area (Å²) in [4.78, 5) is 16.9. The average molecular weight is 2650 g/mol. The van der Waals surface area contributed by atoms with Gasteiger partial charge >= 0.3 is 20.1 Å². The molecule has 738 valence electrons. The van der Waals surface area contributed by atoms with Crippen LogP contribution in [-0.4, -0.2) is 125 Å². The molecule has 0 saturated heterocycles. The zero-order chi connectivity index (χ0) is 99.0. The third kappa shape index (κ3) is 38.5. The van der Waals surface area contributed by atoms with E-state index in [1.807, 2.05) is 331 Å². The largest absolute Gasteiger partial charge is 0.305 e. The smallest absolute Gasteiger partial charge is 0.0160 e. The maximum absolute atomic E-state index is 13.9. The number of aromatic nitrogens is 20. The molecule has 0 bridgehead atoms. The molecule has 0 aliphatic carbocycles. The summed E-state index contributed by atoms with van der Waals surface area (Å²) in [5.74, 6) is -1.45.